The monoisotopic (exact) mass is 360 g/mol. The highest BCUT2D eigenvalue weighted by atomic mass is 16.2. The molecular formula is C20H32N4O2. The number of carbonyl (C=O) groups is 2. The molecule has 26 heavy (non-hydrogen) atoms. The molecule has 144 valence electrons. The van der Waals surface area contributed by atoms with E-state index in [1.807, 2.05) is 31.2 Å². The summed E-state index contributed by atoms with van der Waals surface area (Å²) in [5, 5.41) is 5.99. The number of piperidine rings is 1. The van der Waals surface area contributed by atoms with Crippen LogP contribution in [0.3, 0.4) is 0 Å². The van der Waals surface area contributed by atoms with Gasteiger partial charge in [-0.1, -0.05) is 31.9 Å². The number of nitrogens with one attached hydrogen (secondary N) is 2. The number of hydrogen-bond acceptors (Lipinski definition) is 3. The molecule has 0 aliphatic carbocycles. The molecule has 2 rings (SSSR count). The second-order valence-electron chi connectivity index (χ2n) is 7.17. The summed E-state index contributed by atoms with van der Waals surface area (Å²) in [5.41, 5.74) is 7.65. The Morgan fingerprint density at radius 2 is 2.19 bits per heavy atom. The van der Waals surface area contributed by atoms with Crippen molar-refractivity contribution in [2.24, 2.45) is 11.7 Å². The van der Waals surface area contributed by atoms with Crippen LogP contribution in [0, 0.1) is 12.8 Å². The third-order valence-corrected chi connectivity index (χ3v) is 4.89. The van der Waals surface area contributed by atoms with Crippen LogP contribution < -0.4 is 16.4 Å². The molecule has 0 bridgehead atoms. The van der Waals surface area contributed by atoms with Crippen LogP contribution in [0.1, 0.15) is 44.6 Å². The molecule has 1 saturated heterocycles. The molecule has 0 spiro atoms. The highest BCUT2D eigenvalue weighted by molar-refractivity contribution is 5.90. The standard InChI is InChI=1S/C20H32N4O2/c1-3-4-9-18(13-21)22-19(25)16-8-6-11-24(14-16)20(26)23-17-10-5-7-15(2)12-17/h5,7,10,12,16,18H,3-4,6,8-9,11,13-14,21H2,1-2H3,(H,22,25)(H,23,26). The third kappa shape index (κ3) is 6.02. The molecule has 2 atom stereocenters. The molecule has 1 aromatic rings. The fourth-order valence-electron chi connectivity index (χ4n) is 3.32. The summed E-state index contributed by atoms with van der Waals surface area (Å²) < 4.78 is 0. The number of urea groups is 1. The first-order valence-electron chi connectivity index (χ1n) is 9.66. The number of unbranched alkanes of at least 4 members (excludes halogenated alkanes) is 1. The Hall–Kier alpha value is -2.08. The van der Waals surface area contributed by atoms with Gasteiger partial charge in [-0.15, -0.1) is 0 Å². The van der Waals surface area contributed by atoms with Crippen molar-refractivity contribution in [2.45, 2.75) is 52.0 Å². The van der Waals surface area contributed by atoms with Crippen LogP contribution >= 0.6 is 0 Å². The van der Waals surface area contributed by atoms with Gasteiger partial charge in [0.05, 0.1) is 5.92 Å². The number of carbonyl (C=O) groups excluding carboxylic acids is 2. The van der Waals surface area contributed by atoms with Gasteiger partial charge < -0.3 is 21.3 Å². The zero-order valence-corrected chi connectivity index (χ0v) is 16.0. The van der Waals surface area contributed by atoms with Gasteiger partial charge in [-0.2, -0.15) is 0 Å². The van der Waals surface area contributed by atoms with Crippen LogP contribution in [0.25, 0.3) is 0 Å². The molecule has 1 aliphatic heterocycles. The number of nitrogens with two attached hydrogens (primary N) is 1. The Morgan fingerprint density at radius 1 is 1.38 bits per heavy atom. The van der Waals surface area contributed by atoms with Crippen molar-refractivity contribution in [2.75, 3.05) is 25.0 Å². The zero-order valence-electron chi connectivity index (χ0n) is 16.0. The quantitative estimate of drug-likeness (QED) is 0.699. The van der Waals surface area contributed by atoms with Crippen molar-refractivity contribution in [3.05, 3.63) is 29.8 Å². The zero-order chi connectivity index (χ0) is 18.9. The van der Waals surface area contributed by atoms with E-state index in [0.717, 1.165) is 43.4 Å². The lowest BCUT2D eigenvalue weighted by Crippen LogP contribution is -2.49. The normalized spacial score (nSPS) is 18.3. The maximum absolute atomic E-state index is 12.6. The summed E-state index contributed by atoms with van der Waals surface area (Å²) in [7, 11) is 0. The molecule has 0 aromatic heterocycles. The van der Waals surface area contributed by atoms with Crippen LogP contribution in [0.15, 0.2) is 24.3 Å². The molecule has 1 aliphatic rings. The molecule has 6 heteroatoms. The number of nitrogens with zero attached hydrogens (tertiary/aromatic N) is 1. The van der Waals surface area contributed by atoms with E-state index in [4.69, 9.17) is 5.73 Å². The van der Waals surface area contributed by atoms with Gasteiger partial charge in [0.15, 0.2) is 0 Å². The Balaban J connectivity index is 1.89. The van der Waals surface area contributed by atoms with Crippen molar-refractivity contribution in [1.29, 1.82) is 0 Å². The molecule has 6 nitrogen and oxygen atoms in total. The molecule has 3 amide bonds. The molecule has 2 unspecified atom stereocenters. The van der Waals surface area contributed by atoms with Crippen LogP contribution in [0.5, 0.6) is 0 Å². The molecule has 0 saturated carbocycles. The average Bonchev–Trinajstić information content (AvgIpc) is 2.65. The first-order valence-corrected chi connectivity index (χ1v) is 9.66. The Bertz CT molecular complexity index is 605. The van der Waals surface area contributed by atoms with Gasteiger partial charge in [0, 0.05) is 31.4 Å². The summed E-state index contributed by atoms with van der Waals surface area (Å²) in [4.78, 5) is 26.8. The molecule has 0 radical (unpaired) electrons. The van der Waals surface area contributed by atoms with Crippen LogP contribution in [-0.4, -0.2) is 42.5 Å². The van der Waals surface area contributed by atoms with Crippen molar-refractivity contribution >= 4 is 17.6 Å². The average molecular weight is 361 g/mol. The van der Waals surface area contributed by atoms with Crippen molar-refractivity contribution in [3.63, 3.8) is 0 Å². The van der Waals surface area contributed by atoms with E-state index in [0.29, 0.717) is 19.6 Å². The van der Waals surface area contributed by atoms with Gasteiger partial charge in [-0.3, -0.25) is 4.79 Å². The summed E-state index contributed by atoms with van der Waals surface area (Å²) in [5.74, 6) is -0.146. The van der Waals surface area contributed by atoms with Gasteiger partial charge >= 0.3 is 6.03 Å². The number of likely N-dealkylation sites (tertiary alicyclic amines) is 1. The molecule has 1 aromatic carbocycles. The summed E-state index contributed by atoms with van der Waals surface area (Å²) in [6, 6.07) is 7.60. The smallest absolute Gasteiger partial charge is 0.321 e. The largest absolute Gasteiger partial charge is 0.352 e. The fourth-order valence-corrected chi connectivity index (χ4v) is 3.32. The van der Waals surface area contributed by atoms with Crippen molar-refractivity contribution in [3.8, 4) is 0 Å². The van der Waals surface area contributed by atoms with E-state index in [1.54, 1.807) is 4.90 Å². The number of benzene rings is 1. The first kappa shape index (κ1) is 20.2. The highest BCUT2D eigenvalue weighted by Gasteiger charge is 2.29. The molecule has 4 N–H and O–H groups in total. The predicted molar refractivity (Wildman–Crippen MR) is 105 cm³/mol. The number of hydrogen-bond donors (Lipinski definition) is 3. The maximum atomic E-state index is 12.6. The lowest BCUT2D eigenvalue weighted by Gasteiger charge is -2.33. The van der Waals surface area contributed by atoms with Crippen LogP contribution in [-0.2, 0) is 4.79 Å². The summed E-state index contributed by atoms with van der Waals surface area (Å²) in [6.45, 7) is 5.70. The van der Waals surface area contributed by atoms with E-state index in [9.17, 15) is 9.59 Å². The number of anilines is 1. The van der Waals surface area contributed by atoms with E-state index >= 15 is 0 Å². The van der Waals surface area contributed by atoms with Gasteiger partial charge in [-0.05, 0) is 43.9 Å². The maximum Gasteiger partial charge on any atom is 0.321 e. The van der Waals surface area contributed by atoms with E-state index in [1.165, 1.54) is 0 Å². The molecule has 1 fully saturated rings. The Labute approximate surface area is 156 Å². The van der Waals surface area contributed by atoms with E-state index < -0.39 is 0 Å². The van der Waals surface area contributed by atoms with Crippen LogP contribution in [0.4, 0.5) is 10.5 Å². The lowest BCUT2D eigenvalue weighted by molar-refractivity contribution is -0.127. The van der Waals surface area contributed by atoms with Crippen molar-refractivity contribution in [1.82, 2.24) is 10.2 Å². The lowest BCUT2D eigenvalue weighted by atomic mass is 9.96. The summed E-state index contributed by atoms with van der Waals surface area (Å²) in [6.07, 6.45) is 4.69. The van der Waals surface area contributed by atoms with Crippen LogP contribution in [0.2, 0.25) is 0 Å². The molecule has 1 heterocycles. The van der Waals surface area contributed by atoms with Crippen molar-refractivity contribution < 1.29 is 9.59 Å². The third-order valence-electron chi connectivity index (χ3n) is 4.89. The minimum Gasteiger partial charge on any atom is -0.352 e. The number of aryl methyl sites for hydroxylation is 1. The first-order chi connectivity index (χ1) is 12.5. The topological polar surface area (TPSA) is 87.5 Å². The SMILES string of the molecule is CCCCC(CN)NC(=O)C1CCCN(C(=O)Nc2cccc(C)c2)C1. The Morgan fingerprint density at radius 3 is 2.88 bits per heavy atom. The Kier molecular flexibility index (Phi) is 7.91. The minimum atomic E-state index is -0.164. The number of amides is 3. The molecular weight excluding hydrogens is 328 g/mol. The number of rotatable bonds is 7. The fraction of sp³-hybridized carbons (Fsp3) is 0.600. The predicted octanol–water partition coefficient (Wildman–Crippen LogP) is 2.87. The van der Waals surface area contributed by atoms with E-state index in [-0.39, 0.29) is 23.9 Å². The second kappa shape index (κ2) is 10.2. The summed E-state index contributed by atoms with van der Waals surface area (Å²) >= 11 is 0. The van der Waals surface area contributed by atoms with Gasteiger partial charge in [0.2, 0.25) is 5.91 Å². The van der Waals surface area contributed by atoms with E-state index in [2.05, 4.69) is 17.6 Å². The van der Waals surface area contributed by atoms with Gasteiger partial charge in [0.25, 0.3) is 0 Å². The highest BCUT2D eigenvalue weighted by Crippen LogP contribution is 2.19. The second-order valence-corrected chi connectivity index (χ2v) is 7.17. The van der Waals surface area contributed by atoms with Gasteiger partial charge in [0.1, 0.15) is 0 Å². The van der Waals surface area contributed by atoms with Gasteiger partial charge in [-0.25, -0.2) is 4.79 Å². The minimum absolute atomic E-state index is 0.0182.